The van der Waals surface area contributed by atoms with Crippen molar-refractivity contribution in [3.05, 3.63) is 47.7 Å². The van der Waals surface area contributed by atoms with Gasteiger partial charge in [-0.1, -0.05) is 18.5 Å². The number of benzene rings is 1. The summed E-state index contributed by atoms with van der Waals surface area (Å²) in [6, 6.07) is 9.17. The van der Waals surface area contributed by atoms with Crippen LogP contribution in [0.3, 0.4) is 0 Å². The average molecular weight is 375 g/mol. The Labute approximate surface area is 158 Å². The van der Waals surface area contributed by atoms with Gasteiger partial charge in [0.25, 0.3) is 0 Å². The zero-order valence-corrected chi connectivity index (χ0v) is 15.6. The summed E-state index contributed by atoms with van der Waals surface area (Å²) in [6.07, 6.45) is 4.48. The summed E-state index contributed by atoms with van der Waals surface area (Å²) in [5, 5.41) is 3.41. The molecule has 0 radical (unpaired) electrons. The molecule has 138 valence electrons. The van der Waals surface area contributed by atoms with Crippen molar-refractivity contribution >= 4 is 29.0 Å². The monoisotopic (exact) mass is 374 g/mol. The first-order valence-corrected chi connectivity index (χ1v) is 9.18. The van der Waals surface area contributed by atoms with Crippen LogP contribution in [0.2, 0.25) is 5.02 Å². The number of hydrogen-bond donors (Lipinski definition) is 1. The van der Waals surface area contributed by atoms with Gasteiger partial charge in [0.05, 0.1) is 11.6 Å². The van der Waals surface area contributed by atoms with E-state index in [2.05, 4.69) is 15.2 Å². The molecule has 1 aromatic heterocycles. The number of urea groups is 1. The zero-order valence-electron chi connectivity index (χ0n) is 14.8. The van der Waals surface area contributed by atoms with Crippen LogP contribution in [-0.2, 0) is 0 Å². The fourth-order valence-corrected chi connectivity index (χ4v) is 3.07. The van der Waals surface area contributed by atoms with E-state index in [1.54, 1.807) is 24.5 Å². The second kappa shape index (κ2) is 8.76. The molecule has 2 amide bonds. The van der Waals surface area contributed by atoms with Gasteiger partial charge in [-0.2, -0.15) is 0 Å². The highest BCUT2D eigenvalue weighted by molar-refractivity contribution is 6.32. The van der Waals surface area contributed by atoms with E-state index >= 15 is 0 Å². The van der Waals surface area contributed by atoms with Gasteiger partial charge in [0.1, 0.15) is 5.75 Å². The lowest BCUT2D eigenvalue weighted by Gasteiger charge is -2.36. The Morgan fingerprint density at radius 3 is 2.58 bits per heavy atom. The quantitative estimate of drug-likeness (QED) is 0.862. The zero-order chi connectivity index (χ0) is 18.4. The van der Waals surface area contributed by atoms with Crippen LogP contribution >= 0.6 is 11.6 Å². The molecule has 0 spiro atoms. The number of ether oxygens (including phenoxy) is 1. The van der Waals surface area contributed by atoms with Gasteiger partial charge in [-0.15, -0.1) is 0 Å². The lowest BCUT2D eigenvalue weighted by atomic mass is 10.2. The second-order valence-electron chi connectivity index (χ2n) is 6.10. The molecule has 1 aliphatic rings. The summed E-state index contributed by atoms with van der Waals surface area (Å²) in [4.78, 5) is 20.6. The molecular formula is C19H23ClN4O2. The second-order valence-corrected chi connectivity index (χ2v) is 6.51. The Balaban J connectivity index is 1.53. The van der Waals surface area contributed by atoms with Crippen LogP contribution in [0.4, 0.5) is 16.2 Å². The van der Waals surface area contributed by atoms with Crippen LogP contribution < -0.4 is 15.0 Å². The molecule has 3 rings (SSSR count). The molecule has 1 aliphatic heterocycles. The fraction of sp³-hybridized carbons (Fsp3) is 0.368. The van der Waals surface area contributed by atoms with Crippen LogP contribution in [-0.4, -0.2) is 48.7 Å². The minimum absolute atomic E-state index is 0.113. The molecule has 2 heterocycles. The minimum atomic E-state index is -0.113. The number of carbonyl (C=O) groups is 1. The highest BCUT2D eigenvalue weighted by atomic mass is 35.5. The van der Waals surface area contributed by atoms with Gasteiger partial charge in [-0.05, 0) is 36.8 Å². The van der Waals surface area contributed by atoms with Crippen molar-refractivity contribution in [2.45, 2.75) is 13.3 Å². The first-order valence-electron chi connectivity index (χ1n) is 8.80. The highest BCUT2D eigenvalue weighted by Crippen LogP contribution is 2.28. The molecule has 1 aromatic carbocycles. The number of pyridine rings is 1. The molecule has 2 aromatic rings. The van der Waals surface area contributed by atoms with Crippen molar-refractivity contribution in [2.24, 2.45) is 0 Å². The lowest BCUT2D eigenvalue weighted by molar-refractivity contribution is 0.208. The molecule has 1 N–H and O–H groups in total. The van der Waals surface area contributed by atoms with E-state index in [4.69, 9.17) is 16.3 Å². The molecular weight excluding hydrogens is 352 g/mol. The molecule has 0 saturated carbocycles. The maximum Gasteiger partial charge on any atom is 0.321 e. The third kappa shape index (κ3) is 4.58. The van der Waals surface area contributed by atoms with Crippen LogP contribution in [0.5, 0.6) is 5.75 Å². The smallest absolute Gasteiger partial charge is 0.321 e. The SMILES string of the molecule is CCCOc1ccc(NC(=O)N2CCN(c3ccncc3)CC2)cc1Cl. The van der Waals surface area contributed by atoms with Gasteiger partial charge < -0.3 is 19.9 Å². The van der Waals surface area contributed by atoms with E-state index < -0.39 is 0 Å². The van der Waals surface area contributed by atoms with E-state index in [0.717, 1.165) is 25.2 Å². The molecule has 0 atom stereocenters. The van der Waals surface area contributed by atoms with Gasteiger partial charge in [-0.25, -0.2) is 4.79 Å². The Morgan fingerprint density at radius 2 is 1.92 bits per heavy atom. The molecule has 1 saturated heterocycles. The van der Waals surface area contributed by atoms with Gasteiger partial charge in [0.15, 0.2) is 0 Å². The van der Waals surface area contributed by atoms with Crippen molar-refractivity contribution in [3.8, 4) is 5.75 Å². The van der Waals surface area contributed by atoms with Gasteiger partial charge in [0.2, 0.25) is 0 Å². The molecule has 6 nitrogen and oxygen atoms in total. The first kappa shape index (κ1) is 18.3. The van der Waals surface area contributed by atoms with E-state index in [0.29, 0.717) is 36.2 Å². The average Bonchev–Trinajstić information content (AvgIpc) is 2.68. The Morgan fingerprint density at radius 1 is 1.19 bits per heavy atom. The van der Waals surface area contributed by atoms with Crippen LogP contribution in [0.15, 0.2) is 42.7 Å². The third-order valence-electron chi connectivity index (χ3n) is 4.24. The van der Waals surface area contributed by atoms with Gasteiger partial charge >= 0.3 is 6.03 Å². The van der Waals surface area contributed by atoms with Gasteiger partial charge in [-0.3, -0.25) is 4.98 Å². The Bertz CT molecular complexity index is 734. The predicted octanol–water partition coefficient (Wildman–Crippen LogP) is 3.88. The molecule has 0 unspecified atom stereocenters. The molecule has 0 bridgehead atoms. The van der Waals surface area contributed by atoms with E-state index in [9.17, 15) is 4.79 Å². The fourth-order valence-electron chi connectivity index (χ4n) is 2.83. The predicted molar refractivity (Wildman–Crippen MR) is 104 cm³/mol. The maximum atomic E-state index is 12.5. The van der Waals surface area contributed by atoms with E-state index in [-0.39, 0.29) is 6.03 Å². The summed E-state index contributed by atoms with van der Waals surface area (Å²) in [5.41, 5.74) is 1.80. The highest BCUT2D eigenvalue weighted by Gasteiger charge is 2.21. The topological polar surface area (TPSA) is 57.7 Å². The number of nitrogens with one attached hydrogen (secondary N) is 1. The van der Waals surface area contributed by atoms with Crippen molar-refractivity contribution in [2.75, 3.05) is 43.0 Å². The summed E-state index contributed by atoms with van der Waals surface area (Å²) in [6.45, 7) is 5.58. The van der Waals surface area contributed by atoms with Crippen molar-refractivity contribution in [3.63, 3.8) is 0 Å². The number of aromatic nitrogens is 1. The number of hydrogen-bond acceptors (Lipinski definition) is 4. The molecule has 0 aliphatic carbocycles. The number of anilines is 2. The number of nitrogens with zero attached hydrogens (tertiary/aromatic N) is 3. The molecule has 26 heavy (non-hydrogen) atoms. The number of halogens is 1. The molecule has 1 fully saturated rings. The maximum absolute atomic E-state index is 12.5. The van der Waals surface area contributed by atoms with Crippen molar-refractivity contribution in [1.29, 1.82) is 0 Å². The van der Waals surface area contributed by atoms with Crippen LogP contribution in [0.1, 0.15) is 13.3 Å². The standard InChI is InChI=1S/C19H23ClN4O2/c1-2-13-26-18-4-3-15(14-17(18)20)22-19(25)24-11-9-23(10-12-24)16-5-7-21-8-6-16/h3-8,14H,2,9-13H2,1H3,(H,22,25). The van der Waals surface area contributed by atoms with Crippen LogP contribution in [0, 0.1) is 0 Å². The van der Waals surface area contributed by atoms with E-state index in [1.165, 1.54) is 0 Å². The van der Waals surface area contributed by atoms with E-state index in [1.807, 2.05) is 30.0 Å². The minimum Gasteiger partial charge on any atom is -0.492 e. The summed E-state index contributed by atoms with van der Waals surface area (Å²) in [5.74, 6) is 0.637. The number of amides is 2. The Kier molecular flexibility index (Phi) is 6.17. The van der Waals surface area contributed by atoms with Crippen molar-refractivity contribution < 1.29 is 9.53 Å². The van der Waals surface area contributed by atoms with Crippen molar-refractivity contribution in [1.82, 2.24) is 9.88 Å². The number of carbonyl (C=O) groups excluding carboxylic acids is 1. The number of rotatable bonds is 5. The summed E-state index contributed by atoms with van der Waals surface area (Å²) in [7, 11) is 0. The lowest BCUT2D eigenvalue weighted by Crippen LogP contribution is -2.50. The number of piperazine rings is 1. The normalized spacial score (nSPS) is 14.2. The first-order chi connectivity index (χ1) is 12.7. The summed E-state index contributed by atoms with van der Waals surface area (Å²) >= 11 is 6.22. The molecule has 7 heteroatoms. The Hall–Kier alpha value is -2.47. The third-order valence-corrected chi connectivity index (χ3v) is 4.53. The van der Waals surface area contributed by atoms with Crippen LogP contribution in [0.25, 0.3) is 0 Å². The summed E-state index contributed by atoms with van der Waals surface area (Å²) < 4.78 is 5.55. The van der Waals surface area contributed by atoms with Gasteiger partial charge in [0, 0.05) is 49.9 Å². The largest absolute Gasteiger partial charge is 0.492 e.